The van der Waals surface area contributed by atoms with Crippen molar-refractivity contribution in [2.45, 2.75) is 19.4 Å². The highest BCUT2D eigenvalue weighted by atomic mass is 35.5. The van der Waals surface area contributed by atoms with E-state index >= 15 is 0 Å². The van der Waals surface area contributed by atoms with Crippen LogP contribution in [0.3, 0.4) is 0 Å². The van der Waals surface area contributed by atoms with Crippen LogP contribution in [0, 0.1) is 0 Å². The fourth-order valence-corrected chi connectivity index (χ4v) is 3.98. The lowest BCUT2D eigenvalue weighted by atomic mass is 10.1. The summed E-state index contributed by atoms with van der Waals surface area (Å²) in [6.45, 7) is 2.14. The molecule has 3 rings (SSSR count). The molecule has 2 aromatic rings. The number of hydrogen-bond acceptors (Lipinski definition) is 4. The van der Waals surface area contributed by atoms with Gasteiger partial charge >= 0.3 is 0 Å². The van der Waals surface area contributed by atoms with Gasteiger partial charge in [0.1, 0.15) is 0 Å². The number of carbonyl (C=O) groups excluding carboxylic acids is 1. The first-order valence-corrected chi connectivity index (χ1v) is 10.0. The van der Waals surface area contributed by atoms with Gasteiger partial charge in [0.05, 0.1) is 6.04 Å². The minimum atomic E-state index is -0.0822. The van der Waals surface area contributed by atoms with Crippen molar-refractivity contribution < 1.29 is 4.79 Å². The Morgan fingerprint density at radius 1 is 1.27 bits per heavy atom. The topological polar surface area (TPSA) is 41.5 Å². The summed E-state index contributed by atoms with van der Waals surface area (Å²) in [6.07, 6.45) is 4.26. The van der Waals surface area contributed by atoms with E-state index in [4.69, 9.17) is 23.2 Å². The number of aliphatic imine (C=N–C) groups is 1. The van der Waals surface area contributed by atoms with Crippen molar-refractivity contribution in [2.24, 2.45) is 4.99 Å². The Hall–Kier alpha value is -1.75. The van der Waals surface area contributed by atoms with Crippen LogP contribution in [0.15, 0.2) is 53.5 Å². The van der Waals surface area contributed by atoms with Gasteiger partial charge in [-0.05, 0) is 60.5 Å². The number of nitrogens with one attached hydrogen (secondary N) is 1. The molecule has 2 aromatic carbocycles. The van der Waals surface area contributed by atoms with Gasteiger partial charge < -0.3 is 5.32 Å². The lowest BCUT2D eigenvalue weighted by Crippen LogP contribution is -2.05. The predicted octanol–water partition coefficient (Wildman–Crippen LogP) is 6.18. The molecule has 3 nitrogen and oxygen atoms in total. The maximum atomic E-state index is 12.3. The molecule has 0 aromatic heterocycles. The highest BCUT2D eigenvalue weighted by Crippen LogP contribution is 2.23. The second kappa shape index (κ2) is 8.76. The first-order valence-electron chi connectivity index (χ1n) is 8.30. The van der Waals surface area contributed by atoms with Gasteiger partial charge in [-0.15, -0.1) is 0 Å². The SMILES string of the molecule is CC[C@@H]1CSC(Nc2ccc(C(=O)/C=C/c3ccc(Cl)cc3Cl)cc2)=N1. The van der Waals surface area contributed by atoms with Crippen molar-refractivity contribution in [3.05, 3.63) is 69.7 Å². The minimum Gasteiger partial charge on any atom is -0.335 e. The molecule has 26 heavy (non-hydrogen) atoms. The first kappa shape index (κ1) is 19.0. The van der Waals surface area contributed by atoms with E-state index < -0.39 is 0 Å². The summed E-state index contributed by atoms with van der Waals surface area (Å²) in [5, 5.41) is 5.32. The number of thioether (sulfide) groups is 1. The summed E-state index contributed by atoms with van der Waals surface area (Å²) in [4.78, 5) is 16.9. The van der Waals surface area contributed by atoms with Crippen LogP contribution in [0.1, 0.15) is 29.3 Å². The van der Waals surface area contributed by atoms with Gasteiger partial charge in [-0.2, -0.15) is 0 Å². The fourth-order valence-electron chi connectivity index (χ4n) is 2.43. The monoisotopic (exact) mass is 404 g/mol. The number of halogens is 2. The van der Waals surface area contributed by atoms with Crippen LogP contribution in [-0.2, 0) is 0 Å². The van der Waals surface area contributed by atoms with Gasteiger partial charge in [-0.1, -0.05) is 48.0 Å². The molecule has 6 heteroatoms. The molecule has 1 aliphatic rings. The van der Waals surface area contributed by atoms with Crippen molar-refractivity contribution in [1.82, 2.24) is 0 Å². The van der Waals surface area contributed by atoms with Crippen LogP contribution < -0.4 is 5.32 Å². The summed E-state index contributed by atoms with van der Waals surface area (Å²) >= 11 is 13.7. The number of allylic oxidation sites excluding steroid dienone is 1. The number of amidine groups is 1. The fraction of sp³-hybridized carbons (Fsp3) is 0.200. The van der Waals surface area contributed by atoms with Gasteiger partial charge in [0.2, 0.25) is 0 Å². The number of anilines is 1. The zero-order chi connectivity index (χ0) is 18.5. The third-order valence-corrected chi connectivity index (χ3v) is 5.58. The third-order valence-electron chi connectivity index (χ3n) is 3.98. The van der Waals surface area contributed by atoms with E-state index in [1.54, 1.807) is 48.2 Å². The van der Waals surface area contributed by atoms with Crippen molar-refractivity contribution in [1.29, 1.82) is 0 Å². The molecule has 0 unspecified atom stereocenters. The molecule has 0 spiro atoms. The molecule has 0 saturated heterocycles. The molecule has 134 valence electrons. The van der Waals surface area contributed by atoms with Gasteiger partial charge in [-0.25, -0.2) is 0 Å². The molecule has 1 heterocycles. The smallest absolute Gasteiger partial charge is 0.185 e. The van der Waals surface area contributed by atoms with E-state index in [2.05, 4.69) is 17.2 Å². The van der Waals surface area contributed by atoms with Crippen LogP contribution in [0.2, 0.25) is 10.0 Å². The Morgan fingerprint density at radius 3 is 2.69 bits per heavy atom. The van der Waals surface area contributed by atoms with Gasteiger partial charge in [-0.3, -0.25) is 9.79 Å². The summed E-state index contributed by atoms with van der Waals surface area (Å²) in [6, 6.07) is 13.0. The van der Waals surface area contributed by atoms with Crippen molar-refractivity contribution in [2.75, 3.05) is 11.1 Å². The van der Waals surface area contributed by atoms with Crippen molar-refractivity contribution >= 4 is 57.7 Å². The molecule has 0 fully saturated rings. The molecule has 0 amide bonds. The van der Waals surface area contributed by atoms with Gasteiger partial charge in [0.25, 0.3) is 0 Å². The number of benzene rings is 2. The zero-order valence-corrected chi connectivity index (χ0v) is 16.5. The van der Waals surface area contributed by atoms with Crippen LogP contribution >= 0.6 is 35.0 Å². The van der Waals surface area contributed by atoms with Crippen LogP contribution in [0.4, 0.5) is 5.69 Å². The molecule has 0 bridgehead atoms. The quantitative estimate of drug-likeness (QED) is 0.477. The highest BCUT2D eigenvalue weighted by molar-refractivity contribution is 8.14. The summed E-state index contributed by atoms with van der Waals surface area (Å²) in [7, 11) is 0. The Balaban J connectivity index is 1.64. The normalized spacial score (nSPS) is 16.7. The summed E-state index contributed by atoms with van der Waals surface area (Å²) in [5.41, 5.74) is 2.29. The van der Waals surface area contributed by atoms with Crippen LogP contribution in [0.25, 0.3) is 6.08 Å². The van der Waals surface area contributed by atoms with Crippen molar-refractivity contribution in [3.8, 4) is 0 Å². The second-order valence-corrected chi connectivity index (χ2v) is 7.73. The standard InChI is InChI=1S/C20H18Cl2N2OS/c1-2-16-12-26-20(23-16)24-17-8-4-14(5-9-17)19(25)10-6-13-3-7-15(21)11-18(13)22/h3-11,16H,2,12H2,1H3,(H,23,24)/b10-6+/t16-/m1/s1. The maximum Gasteiger partial charge on any atom is 0.185 e. The van der Waals surface area contributed by atoms with E-state index in [9.17, 15) is 4.79 Å². The zero-order valence-electron chi connectivity index (χ0n) is 14.2. The Kier molecular flexibility index (Phi) is 6.41. The number of hydrogen-bond donors (Lipinski definition) is 1. The lowest BCUT2D eigenvalue weighted by molar-refractivity contribution is 0.104. The molecule has 0 radical (unpaired) electrons. The average Bonchev–Trinajstić information content (AvgIpc) is 3.09. The Morgan fingerprint density at radius 2 is 2.04 bits per heavy atom. The number of carbonyl (C=O) groups is 1. The molecule has 0 saturated carbocycles. The van der Waals surface area contributed by atoms with Crippen molar-refractivity contribution in [3.63, 3.8) is 0 Å². The number of rotatable bonds is 5. The Labute approximate surface area is 167 Å². The average molecular weight is 405 g/mol. The summed E-state index contributed by atoms with van der Waals surface area (Å²) in [5.74, 6) is 0.939. The van der Waals surface area contributed by atoms with Crippen LogP contribution in [0.5, 0.6) is 0 Å². The van der Waals surface area contributed by atoms with E-state index in [-0.39, 0.29) is 5.78 Å². The van der Waals surface area contributed by atoms with E-state index in [1.165, 1.54) is 6.08 Å². The molecule has 1 N–H and O–H groups in total. The van der Waals surface area contributed by atoms with Gasteiger partial charge in [0.15, 0.2) is 11.0 Å². The second-order valence-electron chi connectivity index (χ2n) is 5.87. The molecule has 1 atom stereocenters. The van der Waals surface area contributed by atoms with E-state index in [0.717, 1.165) is 28.6 Å². The minimum absolute atomic E-state index is 0.0822. The predicted molar refractivity (Wildman–Crippen MR) is 114 cm³/mol. The first-order chi connectivity index (χ1) is 12.5. The number of nitrogens with zero attached hydrogens (tertiary/aromatic N) is 1. The van der Waals surface area contributed by atoms with E-state index in [1.807, 2.05) is 12.1 Å². The molecule has 1 aliphatic heterocycles. The molecular weight excluding hydrogens is 387 g/mol. The summed E-state index contributed by atoms with van der Waals surface area (Å²) < 4.78 is 0. The molecular formula is C20H18Cl2N2OS. The Bertz CT molecular complexity index is 863. The van der Waals surface area contributed by atoms with E-state index in [0.29, 0.717) is 21.7 Å². The maximum absolute atomic E-state index is 12.3. The van der Waals surface area contributed by atoms with Gasteiger partial charge in [0, 0.05) is 27.0 Å². The highest BCUT2D eigenvalue weighted by Gasteiger charge is 2.16. The number of ketones is 1. The van der Waals surface area contributed by atoms with Crippen LogP contribution in [-0.4, -0.2) is 22.7 Å². The lowest BCUT2D eigenvalue weighted by Gasteiger charge is -2.05. The molecule has 0 aliphatic carbocycles. The third kappa shape index (κ3) is 4.91. The largest absolute Gasteiger partial charge is 0.335 e.